The zero-order valence-corrected chi connectivity index (χ0v) is 10.3. The molecule has 0 spiro atoms. The second-order valence-electron chi connectivity index (χ2n) is 3.98. The molecule has 2 aromatic rings. The number of rotatable bonds is 3. The van der Waals surface area contributed by atoms with Gasteiger partial charge in [0.1, 0.15) is 5.69 Å². The number of halogens is 2. The van der Waals surface area contributed by atoms with Crippen LogP contribution in [0, 0.1) is 18.6 Å². The Balaban J connectivity index is 2.73. The topological polar surface area (TPSA) is 68.0 Å². The number of nitrogens with zero attached hydrogens (tertiary/aromatic N) is 3. The number of hydrogen-bond donors (Lipinski definition) is 1. The normalized spacial score (nSPS) is 10.7. The van der Waals surface area contributed by atoms with Gasteiger partial charge in [0.05, 0.1) is 5.69 Å². The molecule has 5 nitrogen and oxygen atoms in total. The maximum Gasteiger partial charge on any atom is 0.358 e. The minimum atomic E-state index is -1.28. The minimum Gasteiger partial charge on any atom is -0.476 e. The van der Waals surface area contributed by atoms with Crippen molar-refractivity contribution in [3.05, 3.63) is 40.7 Å². The van der Waals surface area contributed by atoms with Gasteiger partial charge < -0.3 is 5.11 Å². The monoisotopic (exact) mass is 267 g/mol. The van der Waals surface area contributed by atoms with E-state index in [2.05, 4.69) is 10.3 Å². The molecule has 0 aliphatic heterocycles. The fourth-order valence-corrected chi connectivity index (χ4v) is 1.80. The van der Waals surface area contributed by atoms with Crippen LogP contribution < -0.4 is 0 Å². The van der Waals surface area contributed by atoms with Gasteiger partial charge in [-0.2, -0.15) is 0 Å². The second kappa shape index (κ2) is 4.75. The Hall–Kier alpha value is -2.31. The van der Waals surface area contributed by atoms with E-state index >= 15 is 0 Å². The van der Waals surface area contributed by atoms with Crippen molar-refractivity contribution < 1.29 is 18.7 Å². The van der Waals surface area contributed by atoms with Crippen LogP contribution in [0.15, 0.2) is 12.1 Å². The van der Waals surface area contributed by atoms with Crippen LogP contribution in [0.2, 0.25) is 0 Å². The van der Waals surface area contributed by atoms with E-state index in [-0.39, 0.29) is 23.4 Å². The molecule has 1 aromatic carbocycles. The number of aromatic carboxylic acids is 1. The Bertz CT molecular complexity index is 653. The van der Waals surface area contributed by atoms with Gasteiger partial charge in [0.2, 0.25) is 0 Å². The Labute approximate surface area is 107 Å². The highest BCUT2D eigenvalue weighted by Crippen LogP contribution is 2.22. The van der Waals surface area contributed by atoms with Crippen LogP contribution in [-0.4, -0.2) is 26.1 Å². The molecule has 0 aliphatic rings. The molecule has 0 saturated heterocycles. The molecule has 100 valence electrons. The molecule has 0 aliphatic carbocycles. The number of carbonyl (C=O) groups is 1. The van der Waals surface area contributed by atoms with Crippen LogP contribution in [0.25, 0.3) is 5.69 Å². The molecule has 0 saturated carbocycles. The lowest BCUT2D eigenvalue weighted by atomic mass is 10.2. The van der Waals surface area contributed by atoms with Gasteiger partial charge >= 0.3 is 5.97 Å². The molecule has 7 heteroatoms. The first-order valence-corrected chi connectivity index (χ1v) is 5.60. The fraction of sp³-hybridized carbons (Fsp3) is 0.250. The van der Waals surface area contributed by atoms with Crippen molar-refractivity contribution in [2.75, 3.05) is 0 Å². The van der Waals surface area contributed by atoms with Gasteiger partial charge in [-0.25, -0.2) is 18.3 Å². The summed E-state index contributed by atoms with van der Waals surface area (Å²) in [7, 11) is 0. The van der Waals surface area contributed by atoms with Crippen LogP contribution in [0.5, 0.6) is 0 Å². The summed E-state index contributed by atoms with van der Waals surface area (Å²) in [6.45, 7) is 3.15. The van der Waals surface area contributed by atoms with Gasteiger partial charge in [0, 0.05) is 0 Å². The number of aryl methyl sites for hydroxylation is 1. The largest absolute Gasteiger partial charge is 0.476 e. The number of aromatic nitrogens is 3. The summed E-state index contributed by atoms with van der Waals surface area (Å²) >= 11 is 0. The van der Waals surface area contributed by atoms with Crippen LogP contribution in [0.1, 0.15) is 28.7 Å². The predicted molar refractivity (Wildman–Crippen MR) is 62.3 cm³/mol. The summed E-state index contributed by atoms with van der Waals surface area (Å²) in [6, 6.07) is 2.41. The lowest BCUT2D eigenvalue weighted by Crippen LogP contribution is -2.10. The van der Waals surface area contributed by atoms with E-state index in [0.717, 1.165) is 10.7 Å². The van der Waals surface area contributed by atoms with E-state index in [0.29, 0.717) is 0 Å². The molecule has 0 amide bonds. The van der Waals surface area contributed by atoms with Gasteiger partial charge in [0.25, 0.3) is 0 Å². The lowest BCUT2D eigenvalue weighted by Gasteiger charge is -2.09. The van der Waals surface area contributed by atoms with Crippen molar-refractivity contribution >= 4 is 5.97 Å². The van der Waals surface area contributed by atoms with Crippen molar-refractivity contribution in [1.29, 1.82) is 0 Å². The molecular formula is C12H11F2N3O2. The Kier molecular flexibility index (Phi) is 3.28. The minimum absolute atomic E-state index is 0.149. The quantitative estimate of drug-likeness (QED) is 0.924. The predicted octanol–water partition coefficient (Wildman–Crippen LogP) is 2.11. The highest BCUT2D eigenvalue weighted by Gasteiger charge is 2.23. The highest BCUT2D eigenvalue weighted by atomic mass is 19.1. The first-order valence-electron chi connectivity index (χ1n) is 5.60. The van der Waals surface area contributed by atoms with Crippen molar-refractivity contribution in [3.63, 3.8) is 0 Å². The summed E-state index contributed by atoms with van der Waals surface area (Å²) in [4.78, 5) is 11.0. The molecule has 1 N–H and O–H groups in total. The molecule has 2 rings (SSSR count). The summed E-state index contributed by atoms with van der Waals surface area (Å²) in [5.74, 6) is -2.88. The van der Waals surface area contributed by atoms with Gasteiger partial charge in [0.15, 0.2) is 17.3 Å². The summed E-state index contributed by atoms with van der Waals surface area (Å²) in [6.07, 6.45) is 0.238. The van der Waals surface area contributed by atoms with E-state index in [4.69, 9.17) is 5.11 Å². The zero-order valence-electron chi connectivity index (χ0n) is 10.3. The third-order valence-electron chi connectivity index (χ3n) is 2.77. The molecule has 19 heavy (non-hydrogen) atoms. The van der Waals surface area contributed by atoms with E-state index < -0.39 is 23.3 Å². The number of carboxylic acids is 1. The Morgan fingerprint density at radius 2 is 2.11 bits per heavy atom. The zero-order chi connectivity index (χ0) is 14.2. The Morgan fingerprint density at radius 3 is 2.68 bits per heavy atom. The summed E-state index contributed by atoms with van der Waals surface area (Å²) < 4.78 is 28.7. The van der Waals surface area contributed by atoms with Crippen LogP contribution in [0.3, 0.4) is 0 Å². The van der Waals surface area contributed by atoms with Gasteiger partial charge in [-0.3, -0.25) is 0 Å². The van der Waals surface area contributed by atoms with E-state index in [1.807, 2.05) is 0 Å². The molecule has 0 atom stereocenters. The standard InChI is InChI=1S/C12H11F2N3O2/c1-3-8-10(12(18)19)15-16-17(8)11-7(13)5-4-6(2)9(11)14/h4-5H,3H2,1-2H3,(H,18,19). The molecular weight excluding hydrogens is 256 g/mol. The molecule has 1 aromatic heterocycles. The molecule has 0 bridgehead atoms. The highest BCUT2D eigenvalue weighted by molar-refractivity contribution is 5.86. The van der Waals surface area contributed by atoms with Crippen molar-refractivity contribution in [1.82, 2.24) is 15.0 Å². The van der Waals surface area contributed by atoms with Gasteiger partial charge in [-0.05, 0) is 25.0 Å². The maximum absolute atomic E-state index is 14.0. The average molecular weight is 267 g/mol. The molecule has 0 unspecified atom stereocenters. The van der Waals surface area contributed by atoms with Crippen molar-refractivity contribution in [3.8, 4) is 5.69 Å². The molecule has 0 radical (unpaired) electrons. The summed E-state index contributed by atoms with van der Waals surface area (Å²) in [5, 5.41) is 15.9. The van der Waals surface area contributed by atoms with E-state index in [1.54, 1.807) is 6.92 Å². The first-order chi connectivity index (χ1) is 8.97. The van der Waals surface area contributed by atoms with Crippen LogP contribution in [-0.2, 0) is 6.42 Å². The summed E-state index contributed by atoms with van der Waals surface area (Å²) in [5.41, 5.74) is -0.318. The second-order valence-corrected chi connectivity index (χ2v) is 3.98. The third kappa shape index (κ3) is 2.07. The van der Waals surface area contributed by atoms with Crippen LogP contribution >= 0.6 is 0 Å². The first kappa shape index (κ1) is 13.1. The smallest absolute Gasteiger partial charge is 0.358 e. The SMILES string of the molecule is CCc1c(C(=O)O)nnn1-c1c(F)ccc(C)c1F. The van der Waals surface area contributed by atoms with Crippen LogP contribution in [0.4, 0.5) is 8.78 Å². The van der Waals surface area contributed by atoms with E-state index in [1.165, 1.54) is 13.0 Å². The number of hydrogen-bond acceptors (Lipinski definition) is 3. The van der Waals surface area contributed by atoms with E-state index in [9.17, 15) is 13.6 Å². The number of benzene rings is 1. The molecule has 1 heterocycles. The lowest BCUT2D eigenvalue weighted by molar-refractivity contribution is 0.0689. The van der Waals surface area contributed by atoms with Gasteiger partial charge in [-0.15, -0.1) is 5.10 Å². The van der Waals surface area contributed by atoms with Crippen molar-refractivity contribution in [2.24, 2.45) is 0 Å². The fourth-order valence-electron chi connectivity index (χ4n) is 1.80. The third-order valence-corrected chi connectivity index (χ3v) is 2.77. The Morgan fingerprint density at radius 1 is 1.42 bits per heavy atom. The number of carboxylic acid groups (broad SMARTS) is 1. The average Bonchev–Trinajstić information content (AvgIpc) is 2.78. The molecule has 0 fully saturated rings. The van der Waals surface area contributed by atoms with Gasteiger partial charge in [-0.1, -0.05) is 18.2 Å². The van der Waals surface area contributed by atoms with Crippen molar-refractivity contribution in [2.45, 2.75) is 20.3 Å². The maximum atomic E-state index is 14.0.